The largest absolute Gasteiger partial charge is 0.328 e. The summed E-state index contributed by atoms with van der Waals surface area (Å²) in [6.45, 7) is 8.26. The summed E-state index contributed by atoms with van der Waals surface area (Å²) in [6, 6.07) is 2.06. The first-order valence-electron chi connectivity index (χ1n) is 7.88. The molecule has 3 heteroatoms. The molecule has 0 amide bonds. The fraction of sp³-hybridized carbons (Fsp3) is 1.00. The third-order valence-electron chi connectivity index (χ3n) is 4.39. The molecule has 0 aromatic rings. The molecule has 1 saturated carbocycles. The molecule has 0 bridgehead atoms. The second-order valence-corrected chi connectivity index (χ2v) is 6.63. The summed E-state index contributed by atoms with van der Waals surface area (Å²) in [5.74, 6) is 0.790. The van der Waals surface area contributed by atoms with Gasteiger partial charge in [0.05, 0.1) is 0 Å². The Kier molecular flexibility index (Phi) is 5.46. The molecule has 106 valence electrons. The van der Waals surface area contributed by atoms with E-state index in [0.717, 1.165) is 18.0 Å². The van der Waals surface area contributed by atoms with E-state index in [1.165, 1.54) is 58.2 Å². The molecule has 2 fully saturated rings. The highest BCUT2D eigenvalue weighted by atomic mass is 15.2. The van der Waals surface area contributed by atoms with Crippen LogP contribution in [0.5, 0.6) is 0 Å². The summed E-state index contributed by atoms with van der Waals surface area (Å²) in [6.07, 6.45) is 8.00. The van der Waals surface area contributed by atoms with Gasteiger partial charge >= 0.3 is 0 Å². The van der Waals surface area contributed by atoms with Gasteiger partial charge in [0, 0.05) is 31.2 Å². The van der Waals surface area contributed by atoms with E-state index in [-0.39, 0.29) is 0 Å². The van der Waals surface area contributed by atoms with Crippen molar-refractivity contribution < 1.29 is 0 Å². The number of hydrogen-bond acceptors (Lipinski definition) is 3. The van der Waals surface area contributed by atoms with Gasteiger partial charge in [-0.1, -0.05) is 13.3 Å². The van der Waals surface area contributed by atoms with Crippen molar-refractivity contribution in [3.05, 3.63) is 0 Å². The second-order valence-electron chi connectivity index (χ2n) is 6.63. The van der Waals surface area contributed by atoms with Gasteiger partial charge in [0.1, 0.15) is 0 Å². The molecule has 3 nitrogen and oxygen atoms in total. The Balaban J connectivity index is 1.51. The van der Waals surface area contributed by atoms with E-state index >= 15 is 0 Å². The van der Waals surface area contributed by atoms with Crippen LogP contribution in [0.1, 0.15) is 52.4 Å². The maximum Gasteiger partial charge on any atom is 0.0207 e. The minimum absolute atomic E-state index is 0.368. The van der Waals surface area contributed by atoms with Crippen LogP contribution in [0.4, 0.5) is 0 Å². The first-order chi connectivity index (χ1) is 8.65. The van der Waals surface area contributed by atoms with E-state index in [1.54, 1.807) is 0 Å². The monoisotopic (exact) mass is 253 g/mol. The molecule has 3 atom stereocenters. The molecule has 1 heterocycles. The van der Waals surface area contributed by atoms with Crippen molar-refractivity contribution in [3.8, 4) is 0 Å². The average molecular weight is 253 g/mol. The van der Waals surface area contributed by atoms with Crippen molar-refractivity contribution in [1.29, 1.82) is 0 Å². The zero-order valence-electron chi connectivity index (χ0n) is 12.2. The van der Waals surface area contributed by atoms with Crippen LogP contribution in [-0.4, -0.2) is 42.7 Å². The number of nitrogens with zero attached hydrogens (tertiary/aromatic N) is 1. The Bertz CT molecular complexity index is 238. The molecule has 0 radical (unpaired) electrons. The fourth-order valence-corrected chi connectivity index (χ4v) is 2.98. The lowest BCUT2D eigenvalue weighted by Crippen LogP contribution is -2.35. The Morgan fingerprint density at radius 2 is 2.00 bits per heavy atom. The predicted octanol–water partition coefficient (Wildman–Crippen LogP) is 1.97. The number of likely N-dealkylation sites (tertiary alicyclic amines) is 1. The third-order valence-corrected chi connectivity index (χ3v) is 4.39. The quantitative estimate of drug-likeness (QED) is 0.695. The number of hydrogen-bond donors (Lipinski definition) is 2. The number of nitrogens with one attached hydrogen (secondary N) is 1. The average Bonchev–Trinajstić information content (AvgIpc) is 3.06. The minimum atomic E-state index is 0.368. The molecule has 0 aromatic heterocycles. The molecule has 1 aliphatic carbocycles. The number of rotatable bonds is 8. The van der Waals surface area contributed by atoms with Crippen LogP contribution < -0.4 is 11.1 Å². The van der Waals surface area contributed by atoms with Gasteiger partial charge < -0.3 is 11.1 Å². The van der Waals surface area contributed by atoms with Crippen LogP contribution in [0, 0.1) is 5.92 Å². The van der Waals surface area contributed by atoms with Gasteiger partial charge in [-0.2, -0.15) is 0 Å². The van der Waals surface area contributed by atoms with Crippen molar-refractivity contribution >= 4 is 0 Å². The van der Waals surface area contributed by atoms with Gasteiger partial charge in [-0.05, 0) is 51.5 Å². The van der Waals surface area contributed by atoms with E-state index in [4.69, 9.17) is 5.73 Å². The van der Waals surface area contributed by atoms with E-state index in [1.807, 2.05) is 0 Å². The summed E-state index contributed by atoms with van der Waals surface area (Å²) >= 11 is 0. The standard InChI is InChI=1S/C15H31N3/c1-12(4-3-5-13(2)16)10-17-14-8-9-18(11-14)15-6-7-15/h12-15,17H,3-11,16H2,1-2H3. The first kappa shape index (κ1) is 14.3. The lowest BCUT2D eigenvalue weighted by atomic mass is 10.0. The van der Waals surface area contributed by atoms with Crippen LogP contribution >= 0.6 is 0 Å². The van der Waals surface area contributed by atoms with Crippen LogP contribution in [-0.2, 0) is 0 Å². The van der Waals surface area contributed by atoms with Gasteiger partial charge in [0.15, 0.2) is 0 Å². The van der Waals surface area contributed by atoms with Gasteiger partial charge in [-0.15, -0.1) is 0 Å². The molecular formula is C15H31N3. The molecule has 3 N–H and O–H groups in total. The lowest BCUT2D eigenvalue weighted by Gasteiger charge is -2.18. The van der Waals surface area contributed by atoms with Crippen LogP contribution in [0.15, 0.2) is 0 Å². The van der Waals surface area contributed by atoms with Gasteiger partial charge in [-0.25, -0.2) is 0 Å². The molecule has 3 unspecified atom stereocenters. The Morgan fingerprint density at radius 3 is 2.67 bits per heavy atom. The van der Waals surface area contributed by atoms with Crippen molar-refractivity contribution in [2.75, 3.05) is 19.6 Å². The molecule has 1 aliphatic heterocycles. The Hall–Kier alpha value is -0.120. The molecule has 18 heavy (non-hydrogen) atoms. The minimum Gasteiger partial charge on any atom is -0.328 e. The summed E-state index contributed by atoms with van der Waals surface area (Å²) in [5.41, 5.74) is 5.78. The van der Waals surface area contributed by atoms with Crippen LogP contribution in [0.2, 0.25) is 0 Å². The van der Waals surface area contributed by atoms with Crippen molar-refractivity contribution in [2.24, 2.45) is 11.7 Å². The molecular weight excluding hydrogens is 222 g/mol. The van der Waals surface area contributed by atoms with E-state index < -0.39 is 0 Å². The van der Waals surface area contributed by atoms with Gasteiger partial charge in [-0.3, -0.25) is 4.90 Å². The topological polar surface area (TPSA) is 41.3 Å². The fourth-order valence-electron chi connectivity index (χ4n) is 2.98. The molecule has 0 aromatic carbocycles. The van der Waals surface area contributed by atoms with Crippen LogP contribution in [0.3, 0.4) is 0 Å². The van der Waals surface area contributed by atoms with E-state index in [2.05, 4.69) is 24.1 Å². The summed E-state index contributed by atoms with van der Waals surface area (Å²) in [5, 5.41) is 3.76. The number of nitrogens with two attached hydrogens (primary N) is 1. The molecule has 2 rings (SSSR count). The third kappa shape index (κ3) is 4.87. The predicted molar refractivity (Wildman–Crippen MR) is 77.7 cm³/mol. The zero-order valence-corrected chi connectivity index (χ0v) is 12.2. The Morgan fingerprint density at radius 1 is 1.22 bits per heavy atom. The van der Waals surface area contributed by atoms with E-state index in [9.17, 15) is 0 Å². The Labute approximate surface area is 112 Å². The summed E-state index contributed by atoms with van der Waals surface area (Å²) in [4.78, 5) is 2.68. The molecule has 0 spiro atoms. The SMILES string of the molecule is CC(N)CCCC(C)CNC1CCN(C2CC2)C1. The van der Waals surface area contributed by atoms with Gasteiger partial charge in [0.2, 0.25) is 0 Å². The summed E-state index contributed by atoms with van der Waals surface area (Å²) in [7, 11) is 0. The van der Waals surface area contributed by atoms with E-state index in [0.29, 0.717) is 6.04 Å². The second kappa shape index (κ2) is 6.88. The maximum atomic E-state index is 5.78. The lowest BCUT2D eigenvalue weighted by molar-refractivity contribution is 0.314. The summed E-state index contributed by atoms with van der Waals surface area (Å²) < 4.78 is 0. The van der Waals surface area contributed by atoms with Crippen molar-refractivity contribution in [2.45, 2.75) is 70.5 Å². The van der Waals surface area contributed by atoms with Crippen LogP contribution in [0.25, 0.3) is 0 Å². The maximum absolute atomic E-state index is 5.78. The molecule has 2 aliphatic rings. The van der Waals surface area contributed by atoms with Crippen molar-refractivity contribution in [1.82, 2.24) is 10.2 Å². The zero-order chi connectivity index (χ0) is 13.0. The smallest absolute Gasteiger partial charge is 0.0207 e. The van der Waals surface area contributed by atoms with Crippen molar-refractivity contribution in [3.63, 3.8) is 0 Å². The first-order valence-corrected chi connectivity index (χ1v) is 7.88. The van der Waals surface area contributed by atoms with Gasteiger partial charge in [0.25, 0.3) is 0 Å². The molecule has 1 saturated heterocycles. The normalized spacial score (nSPS) is 28.5. The highest BCUT2D eigenvalue weighted by Gasteiger charge is 2.34. The highest BCUT2D eigenvalue weighted by molar-refractivity contribution is 4.91. The highest BCUT2D eigenvalue weighted by Crippen LogP contribution is 2.29.